The fourth-order valence-electron chi connectivity index (χ4n) is 3.95. The van der Waals surface area contributed by atoms with Crippen molar-refractivity contribution < 1.29 is 56.9 Å². The summed E-state index contributed by atoms with van der Waals surface area (Å²) in [7, 11) is 0. The molecule has 0 aliphatic heterocycles. The van der Waals surface area contributed by atoms with Crippen molar-refractivity contribution in [3.8, 4) is 5.75 Å². The second-order valence-corrected chi connectivity index (χ2v) is 10.6. The van der Waals surface area contributed by atoms with Gasteiger partial charge in [-0.15, -0.1) is 0 Å². The molecule has 0 aromatic heterocycles. The minimum Gasteiger partial charge on any atom is -0.491 e. The maximum absolute atomic E-state index is 11.0. The number of hydrogen-bond acceptors (Lipinski definition) is 12. The fraction of sp³-hybridized carbons (Fsp3) is 0.800. The molecule has 1 aromatic carbocycles. The van der Waals surface area contributed by atoms with E-state index in [4.69, 9.17) is 52.1 Å². The van der Waals surface area contributed by atoms with Crippen LogP contribution in [-0.2, 0) is 52.2 Å². The van der Waals surface area contributed by atoms with Crippen LogP contribution in [-0.4, -0.2) is 145 Å². The van der Waals surface area contributed by atoms with Gasteiger partial charge in [0, 0.05) is 19.2 Å². The number of ether oxygens (including phenoxy) is 11. The monoisotopic (exact) mass is 689 g/mol. The van der Waals surface area contributed by atoms with Crippen LogP contribution in [0.1, 0.15) is 46.0 Å². The second-order valence-electron chi connectivity index (χ2n) is 10.6. The van der Waals surface area contributed by atoms with Crippen molar-refractivity contribution in [3.05, 3.63) is 24.3 Å². The molecule has 1 rings (SSSR count). The number of benzene rings is 1. The van der Waals surface area contributed by atoms with Gasteiger partial charge in [-0.25, -0.2) is 0 Å². The zero-order valence-electron chi connectivity index (χ0n) is 29.6. The molecule has 1 aromatic rings. The zero-order chi connectivity index (χ0) is 34.4. The van der Waals surface area contributed by atoms with Crippen LogP contribution in [0.5, 0.6) is 5.75 Å². The Bertz CT molecular complexity index is 802. The van der Waals surface area contributed by atoms with Gasteiger partial charge in [0.05, 0.1) is 126 Å². The van der Waals surface area contributed by atoms with Crippen molar-refractivity contribution in [3.63, 3.8) is 0 Å². The molecule has 48 heavy (non-hydrogen) atoms. The molecule has 0 spiro atoms. The normalized spacial score (nSPS) is 11.3. The van der Waals surface area contributed by atoms with Crippen LogP contribution in [0.15, 0.2) is 24.3 Å². The molecule has 13 nitrogen and oxygen atoms in total. The first-order valence-electron chi connectivity index (χ1n) is 17.5. The highest BCUT2D eigenvalue weighted by molar-refractivity contribution is 5.88. The van der Waals surface area contributed by atoms with Crippen molar-refractivity contribution in [2.75, 3.05) is 144 Å². The van der Waals surface area contributed by atoms with Gasteiger partial charge in [-0.05, 0) is 30.7 Å². The molecule has 280 valence electrons. The molecule has 0 radical (unpaired) electrons. The molecule has 13 heteroatoms. The highest BCUT2D eigenvalue weighted by Gasteiger charge is 1.99. The molecule has 0 atom stereocenters. The lowest BCUT2D eigenvalue weighted by Gasteiger charge is -2.09. The fourth-order valence-corrected chi connectivity index (χ4v) is 3.95. The Morgan fingerprint density at radius 2 is 0.750 bits per heavy atom. The summed E-state index contributed by atoms with van der Waals surface area (Å²) < 4.78 is 60.6. The number of carbonyl (C=O) groups is 1. The van der Waals surface area contributed by atoms with E-state index in [1.165, 1.54) is 32.6 Å². The zero-order valence-corrected chi connectivity index (χ0v) is 29.6. The van der Waals surface area contributed by atoms with Crippen LogP contribution in [0.3, 0.4) is 0 Å². The van der Waals surface area contributed by atoms with Crippen LogP contribution < -0.4 is 10.1 Å². The predicted octanol–water partition coefficient (Wildman–Crippen LogP) is 4.16. The summed E-state index contributed by atoms with van der Waals surface area (Å²) in [5, 5.41) is 2.71. The van der Waals surface area contributed by atoms with E-state index in [9.17, 15) is 4.79 Å². The summed E-state index contributed by atoms with van der Waals surface area (Å²) in [6, 6.07) is 7.19. The maximum atomic E-state index is 11.0. The lowest BCUT2D eigenvalue weighted by atomic mass is 10.2. The third kappa shape index (κ3) is 32.6. The van der Waals surface area contributed by atoms with Crippen LogP contribution in [0.2, 0.25) is 0 Å². The molecule has 0 heterocycles. The Balaban J connectivity index is 1.65. The number of carbonyl (C=O) groups excluding carboxylic acids is 1. The SMILES string of the molecule is CCCCCCCOCCOCCOCCOCCOCCOCCOCCOCCOCCOCCOc1ccc(NC(C)=O)cc1. The standard InChI is InChI=1S/C35H63NO12/c1-3-4-5-6-7-12-38-13-14-39-15-16-40-17-18-41-19-20-42-21-22-43-23-24-44-25-26-45-27-28-46-29-30-47-31-32-48-35-10-8-34(9-11-35)36-33(2)37/h8-11H,3-7,12-32H2,1-2H3,(H,36,37). The smallest absolute Gasteiger partial charge is 0.221 e. The summed E-state index contributed by atoms with van der Waals surface area (Å²) in [6.07, 6.45) is 6.27. The maximum Gasteiger partial charge on any atom is 0.221 e. The minimum absolute atomic E-state index is 0.106. The van der Waals surface area contributed by atoms with Crippen molar-refractivity contribution in [1.82, 2.24) is 0 Å². The van der Waals surface area contributed by atoms with E-state index in [-0.39, 0.29) is 5.91 Å². The average Bonchev–Trinajstić information content (AvgIpc) is 3.08. The number of rotatable bonds is 38. The summed E-state index contributed by atoms with van der Waals surface area (Å²) >= 11 is 0. The highest BCUT2D eigenvalue weighted by Crippen LogP contribution is 2.15. The Morgan fingerprint density at radius 1 is 0.438 bits per heavy atom. The summed E-state index contributed by atoms with van der Waals surface area (Å²) in [6.45, 7) is 14.9. The van der Waals surface area contributed by atoms with E-state index >= 15 is 0 Å². The van der Waals surface area contributed by atoms with Gasteiger partial charge in [0.2, 0.25) is 5.91 Å². The third-order valence-corrected chi connectivity index (χ3v) is 6.41. The van der Waals surface area contributed by atoms with Gasteiger partial charge in [-0.1, -0.05) is 32.6 Å². The molecule has 1 amide bonds. The Kier molecular flexibility index (Phi) is 33.4. The van der Waals surface area contributed by atoms with Crippen LogP contribution >= 0.6 is 0 Å². The van der Waals surface area contributed by atoms with Crippen molar-refractivity contribution in [1.29, 1.82) is 0 Å². The lowest BCUT2D eigenvalue weighted by Crippen LogP contribution is -2.15. The van der Waals surface area contributed by atoms with Gasteiger partial charge in [0.25, 0.3) is 0 Å². The summed E-state index contributed by atoms with van der Waals surface area (Å²) in [5.41, 5.74) is 0.734. The number of anilines is 1. The molecule has 0 bridgehead atoms. The molecule has 1 N–H and O–H groups in total. The number of hydrogen-bond donors (Lipinski definition) is 1. The lowest BCUT2D eigenvalue weighted by molar-refractivity contribution is -0.114. The Hall–Kier alpha value is -1.91. The predicted molar refractivity (Wildman–Crippen MR) is 183 cm³/mol. The van der Waals surface area contributed by atoms with Gasteiger partial charge in [-0.2, -0.15) is 0 Å². The third-order valence-electron chi connectivity index (χ3n) is 6.41. The molecular formula is C35H63NO12. The van der Waals surface area contributed by atoms with E-state index in [1.54, 1.807) is 24.3 Å². The largest absolute Gasteiger partial charge is 0.491 e. The van der Waals surface area contributed by atoms with E-state index in [2.05, 4.69) is 12.2 Å². The minimum atomic E-state index is -0.106. The Labute approximate surface area is 288 Å². The number of amides is 1. The molecule has 0 aliphatic carbocycles. The molecule has 0 fully saturated rings. The van der Waals surface area contributed by atoms with Crippen LogP contribution in [0.25, 0.3) is 0 Å². The first-order chi connectivity index (χ1) is 23.7. The van der Waals surface area contributed by atoms with E-state index in [1.807, 2.05) is 0 Å². The number of unbranched alkanes of at least 4 members (excludes halogenated alkanes) is 4. The average molecular weight is 690 g/mol. The van der Waals surface area contributed by atoms with Gasteiger partial charge >= 0.3 is 0 Å². The molecule has 0 aliphatic rings. The van der Waals surface area contributed by atoms with Gasteiger partial charge in [0.1, 0.15) is 12.4 Å². The first-order valence-corrected chi connectivity index (χ1v) is 17.5. The van der Waals surface area contributed by atoms with Crippen molar-refractivity contribution in [2.24, 2.45) is 0 Å². The second kappa shape index (κ2) is 36.4. The first kappa shape index (κ1) is 44.1. The van der Waals surface area contributed by atoms with E-state index in [0.717, 1.165) is 24.5 Å². The summed E-state index contributed by atoms with van der Waals surface area (Å²) in [4.78, 5) is 11.0. The van der Waals surface area contributed by atoms with Gasteiger partial charge in [-0.3, -0.25) is 4.79 Å². The molecule has 0 unspecified atom stereocenters. The van der Waals surface area contributed by atoms with Gasteiger partial charge < -0.3 is 57.4 Å². The van der Waals surface area contributed by atoms with Crippen molar-refractivity contribution in [2.45, 2.75) is 46.0 Å². The van der Waals surface area contributed by atoms with E-state index in [0.29, 0.717) is 132 Å². The number of nitrogens with one attached hydrogen (secondary N) is 1. The van der Waals surface area contributed by atoms with Crippen molar-refractivity contribution >= 4 is 11.6 Å². The highest BCUT2D eigenvalue weighted by atomic mass is 16.6. The van der Waals surface area contributed by atoms with Crippen LogP contribution in [0.4, 0.5) is 5.69 Å². The molecular weight excluding hydrogens is 626 g/mol. The molecule has 0 saturated carbocycles. The molecule has 0 saturated heterocycles. The topological polar surface area (TPSA) is 131 Å². The quantitative estimate of drug-likeness (QED) is 0.100. The van der Waals surface area contributed by atoms with E-state index < -0.39 is 0 Å². The summed E-state index contributed by atoms with van der Waals surface area (Å²) in [5.74, 6) is 0.613. The van der Waals surface area contributed by atoms with Gasteiger partial charge in [0.15, 0.2) is 0 Å². The Morgan fingerprint density at radius 3 is 1.08 bits per heavy atom. The van der Waals surface area contributed by atoms with Crippen LogP contribution in [0, 0.1) is 0 Å².